The maximum Gasteiger partial charge on any atom is 0.0918 e. The number of fused-ring (bicyclic) bond motifs is 1. The van der Waals surface area contributed by atoms with E-state index in [1.165, 1.54) is 19.3 Å². The third-order valence-electron chi connectivity index (χ3n) is 3.27. The zero-order valence-electron chi connectivity index (χ0n) is 8.54. The van der Waals surface area contributed by atoms with Gasteiger partial charge >= 0.3 is 0 Å². The first-order chi connectivity index (χ1) is 6.77. The van der Waals surface area contributed by atoms with Gasteiger partial charge in [-0.15, -0.1) is 0 Å². The van der Waals surface area contributed by atoms with Crippen molar-refractivity contribution in [2.24, 2.45) is 5.73 Å². The molecule has 80 valence electrons. The SMILES string of the molecule is N=C(N)CCN1CCOC2CCCC21. The Morgan fingerprint density at radius 1 is 1.50 bits per heavy atom. The molecule has 1 saturated carbocycles. The van der Waals surface area contributed by atoms with Crippen LogP contribution in [0, 0.1) is 5.41 Å². The number of rotatable bonds is 3. The van der Waals surface area contributed by atoms with Crippen molar-refractivity contribution in [3.8, 4) is 0 Å². The molecule has 4 heteroatoms. The van der Waals surface area contributed by atoms with Gasteiger partial charge in [-0.05, 0) is 19.3 Å². The molecule has 0 aromatic heterocycles. The van der Waals surface area contributed by atoms with E-state index in [1.807, 2.05) is 0 Å². The molecule has 2 unspecified atom stereocenters. The molecule has 0 aromatic rings. The summed E-state index contributed by atoms with van der Waals surface area (Å²) in [5.41, 5.74) is 5.37. The first-order valence-electron chi connectivity index (χ1n) is 5.46. The van der Waals surface area contributed by atoms with Gasteiger partial charge in [0.05, 0.1) is 18.5 Å². The molecule has 0 amide bonds. The molecular formula is C10H19N3O. The summed E-state index contributed by atoms with van der Waals surface area (Å²) in [6.45, 7) is 2.79. The van der Waals surface area contributed by atoms with Crippen molar-refractivity contribution in [1.29, 1.82) is 5.41 Å². The van der Waals surface area contributed by atoms with Crippen LogP contribution in [0.25, 0.3) is 0 Å². The van der Waals surface area contributed by atoms with Gasteiger partial charge in [0.15, 0.2) is 0 Å². The number of morpholine rings is 1. The van der Waals surface area contributed by atoms with Crippen LogP contribution < -0.4 is 5.73 Å². The molecule has 2 atom stereocenters. The minimum atomic E-state index is 0.297. The molecule has 2 fully saturated rings. The van der Waals surface area contributed by atoms with E-state index in [0.29, 0.717) is 24.4 Å². The Hall–Kier alpha value is -0.610. The average Bonchev–Trinajstić information content (AvgIpc) is 2.62. The monoisotopic (exact) mass is 197 g/mol. The second-order valence-electron chi connectivity index (χ2n) is 4.22. The highest BCUT2D eigenvalue weighted by Crippen LogP contribution is 2.29. The smallest absolute Gasteiger partial charge is 0.0918 e. The van der Waals surface area contributed by atoms with Crippen LogP contribution in [-0.4, -0.2) is 42.6 Å². The Kier molecular flexibility index (Phi) is 3.03. The molecule has 1 aliphatic carbocycles. The fourth-order valence-corrected chi connectivity index (χ4v) is 2.55. The Bertz CT molecular complexity index is 219. The van der Waals surface area contributed by atoms with Crippen LogP contribution in [0.3, 0.4) is 0 Å². The highest BCUT2D eigenvalue weighted by atomic mass is 16.5. The van der Waals surface area contributed by atoms with Gasteiger partial charge in [0.25, 0.3) is 0 Å². The highest BCUT2D eigenvalue weighted by molar-refractivity contribution is 5.76. The third kappa shape index (κ3) is 2.07. The topological polar surface area (TPSA) is 62.3 Å². The number of nitrogens with two attached hydrogens (primary N) is 1. The molecule has 0 aromatic carbocycles. The van der Waals surface area contributed by atoms with Crippen LogP contribution >= 0.6 is 0 Å². The van der Waals surface area contributed by atoms with Gasteiger partial charge in [0.2, 0.25) is 0 Å². The van der Waals surface area contributed by atoms with Crippen molar-refractivity contribution in [3.05, 3.63) is 0 Å². The Balaban J connectivity index is 1.87. The standard InChI is InChI=1S/C10H19N3O/c11-10(12)4-5-13-6-7-14-9-3-1-2-8(9)13/h8-9H,1-7H2,(H3,11,12). The van der Waals surface area contributed by atoms with Gasteiger partial charge in [0, 0.05) is 25.6 Å². The highest BCUT2D eigenvalue weighted by Gasteiger charge is 2.35. The number of amidine groups is 1. The zero-order chi connectivity index (χ0) is 9.97. The maximum absolute atomic E-state index is 7.22. The Morgan fingerprint density at radius 2 is 2.36 bits per heavy atom. The van der Waals surface area contributed by atoms with Crippen LogP contribution in [0.4, 0.5) is 0 Å². The summed E-state index contributed by atoms with van der Waals surface area (Å²) in [6, 6.07) is 0.600. The lowest BCUT2D eigenvalue weighted by Gasteiger charge is -2.37. The van der Waals surface area contributed by atoms with E-state index in [4.69, 9.17) is 15.9 Å². The molecule has 4 nitrogen and oxygen atoms in total. The molecule has 2 rings (SSSR count). The summed E-state index contributed by atoms with van der Waals surface area (Å²) in [5.74, 6) is 0.297. The molecule has 0 radical (unpaired) electrons. The summed E-state index contributed by atoms with van der Waals surface area (Å²) in [6.07, 6.45) is 4.90. The lowest BCUT2D eigenvalue weighted by atomic mass is 10.1. The summed E-state index contributed by atoms with van der Waals surface area (Å²) in [4.78, 5) is 2.45. The van der Waals surface area contributed by atoms with E-state index in [0.717, 1.165) is 19.7 Å². The summed E-state index contributed by atoms with van der Waals surface area (Å²) >= 11 is 0. The lowest BCUT2D eigenvalue weighted by molar-refractivity contribution is -0.0544. The zero-order valence-corrected chi connectivity index (χ0v) is 8.54. The normalized spacial score (nSPS) is 32.9. The van der Waals surface area contributed by atoms with Gasteiger partial charge in [0.1, 0.15) is 0 Å². The minimum Gasteiger partial charge on any atom is -0.388 e. The summed E-state index contributed by atoms with van der Waals surface area (Å²) < 4.78 is 5.71. The molecule has 2 aliphatic rings. The number of hydrogen-bond acceptors (Lipinski definition) is 3. The van der Waals surface area contributed by atoms with Crippen molar-refractivity contribution in [2.75, 3.05) is 19.7 Å². The molecule has 0 spiro atoms. The molecule has 0 bridgehead atoms. The van der Waals surface area contributed by atoms with Crippen LogP contribution in [0.1, 0.15) is 25.7 Å². The molecule has 1 saturated heterocycles. The fraction of sp³-hybridized carbons (Fsp3) is 0.900. The number of nitrogens with zero attached hydrogens (tertiary/aromatic N) is 1. The predicted molar refractivity (Wildman–Crippen MR) is 55.5 cm³/mol. The molecule has 1 aliphatic heterocycles. The van der Waals surface area contributed by atoms with E-state index >= 15 is 0 Å². The first-order valence-corrected chi connectivity index (χ1v) is 5.46. The van der Waals surface area contributed by atoms with E-state index < -0.39 is 0 Å². The predicted octanol–water partition coefficient (Wildman–Crippen LogP) is 0.566. The van der Waals surface area contributed by atoms with Crippen LogP contribution in [0.2, 0.25) is 0 Å². The van der Waals surface area contributed by atoms with Crippen LogP contribution in [0.15, 0.2) is 0 Å². The van der Waals surface area contributed by atoms with Gasteiger partial charge in [-0.1, -0.05) is 0 Å². The second-order valence-corrected chi connectivity index (χ2v) is 4.22. The number of ether oxygens (including phenoxy) is 1. The van der Waals surface area contributed by atoms with Gasteiger partial charge in [-0.3, -0.25) is 10.3 Å². The maximum atomic E-state index is 7.22. The quantitative estimate of drug-likeness (QED) is 0.513. The fourth-order valence-electron chi connectivity index (χ4n) is 2.55. The van der Waals surface area contributed by atoms with E-state index in [1.54, 1.807) is 0 Å². The van der Waals surface area contributed by atoms with Crippen molar-refractivity contribution >= 4 is 5.84 Å². The molecule has 14 heavy (non-hydrogen) atoms. The van der Waals surface area contributed by atoms with E-state index in [-0.39, 0.29) is 0 Å². The third-order valence-corrected chi connectivity index (χ3v) is 3.27. The average molecular weight is 197 g/mol. The summed E-state index contributed by atoms with van der Waals surface area (Å²) in [5, 5.41) is 7.22. The molecule has 3 N–H and O–H groups in total. The Morgan fingerprint density at radius 3 is 3.14 bits per heavy atom. The van der Waals surface area contributed by atoms with Crippen molar-refractivity contribution in [2.45, 2.75) is 37.8 Å². The van der Waals surface area contributed by atoms with Crippen LogP contribution in [0.5, 0.6) is 0 Å². The second kappa shape index (κ2) is 4.28. The Labute approximate surface area is 84.9 Å². The van der Waals surface area contributed by atoms with Gasteiger partial charge in [-0.2, -0.15) is 0 Å². The molecule has 1 heterocycles. The van der Waals surface area contributed by atoms with E-state index in [2.05, 4.69) is 4.90 Å². The first kappa shape index (κ1) is 9.93. The van der Waals surface area contributed by atoms with Crippen molar-refractivity contribution < 1.29 is 4.74 Å². The lowest BCUT2D eigenvalue weighted by Crippen LogP contribution is -2.49. The summed E-state index contributed by atoms with van der Waals surface area (Å²) in [7, 11) is 0. The van der Waals surface area contributed by atoms with Crippen LogP contribution in [-0.2, 0) is 4.74 Å². The van der Waals surface area contributed by atoms with Crippen molar-refractivity contribution in [3.63, 3.8) is 0 Å². The number of nitrogens with one attached hydrogen (secondary N) is 1. The number of hydrogen-bond donors (Lipinski definition) is 2. The molecular weight excluding hydrogens is 178 g/mol. The van der Waals surface area contributed by atoms with E-state index in [9.17, 15) is 0 Å². The largest absolute Gasteiger partial charge is 0.388 e. The minimum absolute atomic E-state index is 0.297. The van der Waals surface area contributed by atoms with Crippen molar-refractivity contribution in [1.82, 2.24) is 4.90 Å². The van der Waals surface area contributed by atoms with Gasteiger partial charge < -0.3 is 10.5 Å². The van der Waals surface area contributed by atoms with Gasteiger partial charge in [-0.25, -0.2) is 0 Å².